The second-order valence-electron chi connectivity index (χ2n) is 9.90. The van der Waals surface area contributed by atoms with Gasteiger partial charge in [-0.05, 0) is 49.8 Å². The van der Waals surface area contributed by atoms with Crippen molar-refractivity contribution in [3.63, 3.8) is 0 Å². The summed E-state index contributed by atoms with van der Waals surface area (Å²) in [6, 6.07) is 19.7. The van der Waals surface area contributed by atoms with E-state index in [1.54, 1.807) is 0 Å². The van der Waals surface area contributed by atoms with Gasteiger partial charge in [-0.1, -0.05) is 79.9 Å². The molecule has 1 heterocycles. The third-order valence-corrected chi connectivity index (χ3v) is 7.24. The molecule has 2 N–H and O–H groups in total. The van der Waals surface area contributed by atoms with E-state index in [-0.39, 0.29) is 18.4 Å². The van der Waals surface area contributed by atoms with Crippen LogP contribution in [0, 0.1) is 0 Å². The van der Waals surface area contributed by atoms with Gasteiger partial charge >= 0.3 is 5.97 Å². The smallest absolute Gasteiger partial charge is 0.325 e. The number of rotatable bonds is 4. The number of carbonyl (C=O) groups excluding carboxylic acids is 3. The summed E-state index contributed by atoms with van der Waals surface area (Å²) >= 11 is 0. The second kappa shape index (κ2) is 12.7. The molecule has 4 rings (SSSR count). The van der Waals surface area contributed by atoms with Gasteiger partial charge in [0.2, 0.25) is 11.8 Å². The largest absolute Gasteiger partial charge is 0.464 e. The summed E-state index contributed by atoms with van der Waals surface area (Å²) in [5.41, 5.74) is 1.20. The van der Waals surface area contributed by atoms with Crippen molar-refractivity contribution in [2.45, 2.75) is 69.5 Å². The van der Waals surface area contributed by atoms with Crippen LogP contribution in [0.25, 0.3) is 0 Å². The number of nitrogens with zero attached hydrogens (tertiary/aromatic N) is 1. The summed E-state index contributed by atoms with van der Waals surface area (Å²) in [5.74, 6) is -0.870. The Balaban J connectivity index is 1.66. The standard InChI is InChI=1S/C29H37N3O4/c33-26-21-30-28(35)29(16-8-3-9-17-29)31-27(34)25(20-23-12-4-1-5-13-23)32(18-10-11-19-36-26)22-24-14-6-2-7-15-24/h1-2,4-7,12-15,25H,3,8-11,16-22H2,(H,30,35)(H,31,34). The number of benzene rings is 2. The first-order valence-electron chi connectivity index (χ1n) is 13.1. The monoisotopic (exact) mass is 491 g/mol. The number of nitrogens with one attached hydrogen (secondary N) is 2. The third kappa shape index (κ3) is 6.94. The van der Waals surface area contributed by atoms with Gasteiger partial charge in [0.1, 0.15) is 12.1 Å². The highest BCUT2D eigenvalue weighted by molar-refractivity contribution is 5.94. The summed E-state index contributed by atoms with van der Waals surface area (Å²) in [6.07, 6.45) is 5.90. The molecule has 192 valence electrons. The fourth-order valence-electron chi connectivity index (χ4n) is 5.25. The minimum atomic E-state index is -1.01. The first kappa shape index (κ1) is 25.9. The van der Waals surface area contributed by atoms with E-state index in [1.165, 1.54) is 0 Å². The van der Waals surface area contributed by atoms with Crippen LogP contribution in [0.5, 0.6) is 0 Å². The normalized spacial score (nSPS) is 22.2. The first-order chi connectivity index (χ1) is 17.6. The highest BCUT2D eigenvalue weighted by atomic mass is 16.5. The van der Waals surface area contributed by atoms with E-state index in [4.69, 9.17) is 4.74 Å². The molecule has 7 heteroatoms. The molecule has 0 aromatic heterocycles. The van der Waals surface area contributed by atoms with Crippen LogP contribution in [-0.4, -0.2) is 54.0 Å². The first-order valence-corrected chi connectivity index (χ1v) is 13.1. The minimum Gasteiger partial charge on any atom is -0.464 e. The maximum Gasteiger partial charge on any atom is 0.325 e. The number of cyclic esters (lactones) is 1. The molecule has 2 aromatic carbocycles. The van der Waals surface area contributed by atoms with Crippen LogP contribution >= 0.6 is 0 Å². The average Bonchev–Trinajstić information content (AvgIpc) is 2.90. The number of ether oxygens (including phenoxy) is 1. The van der Waals surface area contributed by atoms with Crippen LogP contribution in [0.1, 0.15) is 56.1 Å². The highest BCUT2D eigenvalue weighted by Crippen LogP contribution is 2.29. The van der Waals surface area contributed by atoms with Crippen molar-refractivity contribution in [2.75, 3.05) is 19.7 Å². The molecule has 1 atom stereocenters. The average molecular weight is 492 g/mol. The summed E-state index contributed by atoms with van der Waals surface area (Å²) < 4.78 is 5.35. The number of carbonyl (C=O) groups is 3. The van der Waals surface area contributed by atoms with E-state index in [9.17, 15) is 14.4 Å². The van der Waals surface area contributed by atoms with Gasteiger partial charge in [-0.15, -0.1) is 0 Å². The Morgan fingerprint density at radius 2 is 1.50 bits per heavy atom. The lowest BCUT2D eigenvalue weighted by Crippen LogP contribution is -2.63. The Bertz CT molecular complexity index is 1010. The van der Waals surface area contributed by atoms with Crippen LogP contribution in [-0.2, 0) is 32.1 Å². The molecule has 1 saturated carbocycles. The molecule has 2 fully saturated rings. The number of hydrogen-bond acceptors (Lipinski definition) is 5. The molecule has 0 bridgehead atoms. The Hall–Kier alpha value is -3.19. The third-order valence-electron chi connectivity index (χ3n) is 7.24. The summed E-state index contributed by atoms with van der Waals surface area (Å²) in [7, 11) is 0. The lowest BCUT2D eigenvalue weighted by Gasteiger charge is -2.39. The van der Waals surface area contributed by atoms with Crippen molar-refractivity contribution in [2.24, 2.45) is 0 Å². The predicted molar refractivity (Wildman–Crippen MR) is 138 cm³/mol. The van der Waals surface area contributed by atoms with Crippen LogP contribution < -0.4 is 10.6 Å². The predicted octanol–water partition coefficient (Wildman–Crippen LogP) is 3.37. The van der Waals surface area contributed by atoms with Gasteiger partial charge < -0.3 is 15.4 Å². The molecule has 1 aliphatic carbocycles. The van der Waals surface area contributed by atoms with Crippen molar-refractivity contribution in [1.29, 1.82) is 0 Å². The van der Waals surface area contributed by atoms with Crippen molar-refractivity contribution in [1.82, 2.24) is 15.5 Å². The maximum absolute atomic E-state index is 14.0. The van der Waals surface area contributed by atoms with Crippen LogP contribution in [0.15, 0.2) is 60.7 Å². The SMILES string of the molecule is O=C1CNC(=O)C2(CCCCC2)NC(=O)C(Cc2ccccc2)N(Cc2ccccc2)CCCCO1. The molecule has 7 nitrogen and oxygen atoms in total. The fraction of sp³-hybridized carbons (Fsp3) is 0.483. The quantitative estimate of drug-likeness (QED) is 0.641. The summed E-state index contributed by atoms with van der Waals surface area (Å²) in [5, 5.41) is 5.93. The number of esters is 1. The maximum atomic E-state index is 14.0. The lowest BCUT2D eigenvalue weighted by molar-refractivity contribution is -0.145. The molecule has 1 saturated heterocycles. The Morgan fingerprint density at radius 3 is 2.19 bits per heavy atom. The van der Waals surface area contributed by atoms with Crippen molar-refractivity contribution in [3.05, 3.63) is 71.8 Å². The van der Waals surface area contributed by atoms with Crippen molar-refractivity contribution in [3.8, 4) is 0 Å². The van der Waals surface area contributed by atoms with E-state index in [1.807, 2.05) is 48.5 Å². The lowest BCUT2D eigenvalue weighted by atomic mass is 9.80. The van der Waals surface area contributed by atoms with E-state index in [0.29, 0.717) is 45.4 Å². The molecule has 36 heavy (non-hydrogen) atoms. The van der Waals surface area contributed by atoms with Crippen molar-refractivity contribution >= 4 is 17.8 Å². The molecule has 2 aliphatic rings. The molecule has 1 aliphatic heterocycles. The summed E-state index contributed by atoms with van der Waals surface area (Å²) in [6.45, 7) is 1.42. The molecule has 1 unspecified atom stereocenters. The van der Waals surface area contributed by atoms with Crippen molar-refractivity contribution < 1.29 is 19.1 Å². The zero-order valence-corrected chi connectivity index (χ0v) is 20.9. The molecular weight excluding hydrogens is 454 g/mol. The molecular formula is C29H37N3O4. The van der Waals surface area contributed by atoms with E-state index in [2.05, 4.69) is 27.7 Å². The number of amides is 2. The highest BCUT2D eigenvalue weighted by Gasteiger charge is 2.43. The molecule has 1 spiro atoms. The second-order valence-corrected chi connectivity index (χ2v) is 9.90. The van der Waals surface area contributed by atoms with Gasteiger partial charge in [0.15, 0.2) is 0 Å². The minimum absolute atomic E-state index is 0.133. The molecule has 2 amide bonds. The zero-order chi connectivity index (χ0) is 25.2. The molecule has 0 radical (unpaired) electrons. The van der Waals surface area contributed by atoms with E-state index >= 15 is 0 Å². The van der Waals surface area contributed by atoms with Gasteiger partial charge in [0, 0.05) is 6.54 Å². The van der Waals surface area contributed by atoms with Crippen LogP contribution in [0.4, 0.5) is 0 Å². The van der Waals surface area contributed by atoms with Gasteiger partial charge in [-0.25, -0.2) is 0 Å². The zero-order valence-electron chi connectivity index (χ0n) is 20.9. The van der Waals surface area contributed by atoms with Gasteiger partial charge in [-0.2, -0.15) is 0 Å². The topological polar surface area (TPSA) is 87.7 Å². The van der Waals surface area contributed by atoms with Gasteiger partial charge in [0.25, 0.3) is 0 Å². The fourth-order valence-corrected chi connectivity index (χ4v) is 5.25. The van der Waals surface area contributed by atoms with Crippen LogP contribution in [0.2, 0.25) is 0 Å². The van der Waals surface area contributed by atoms with E-state index in [0.717, 1.165) is 36.8 Å². The van der Waals surface area contributed by atoms with Crippen LogP contribution in [0.3, 0.4) is 0 Å². The summed E-state index contributed by atoms with van der Waals surface area (Å²) in [4.78, 5) is 41.8. The Labute approximate surface area is 213 Å². The molecule has 2 aromatic rings. The Kier molecular flexibility index (Phi) is 9.11. The van der Waals surface area contributed by atoms with Gasteiger partial charge in [-0.3, -0.25) is 19.3 Å². The van der Waals surface area contributed by atoms with Gasteiger partial charge in [0.05, 0.1) is 12.6 Å². The number of hydrogen-bond donors (Lipinski definition) is 2. The Morgan fingerprint density at radius 1 is 0.833 bits per heavy atom. The van der Waals surface area contributed by atoms with E-state index < -0.39 is 17.6 Å².